The topological polar surface area (TPSA) is 129 Å². The van der Waals surface area contributed by atoms with Crippen LogP contribution in [0.1, 0.15) is 0 Å². The van der Waals surface area contributed by atoms with Gasteiger partial charge in [0.1, 0.15) is 0 Å². The van der Waals surface area contributed by atoms with Gasteiger partial charge >= 0.3 is 0 Å². The molecule has 0 radical (unpaired) electrons. The lowest BCUT2D eigenvalue weighted by Crippen LogP contribution is -2.06. The number of fused-ring (bicyclic) bond motifs is 7. The fraction of sp³-hybridized carbons (Fsp3) is 0. The van der Waals surface area contributed by atoms with E-state index < -0.39 is 0 Å². The van der Waals surface area contributed by atoms with Crippen LogP contribution in [0.25, 0.3) is 155 Å². The monoisotopic (exact) mass is 970 g/mol. The SMILES string of the molecule is c1ccc2cc(-c3nc(-c4cc(-c5c6cccnc6cc6cccnc56)cc(-c5c6cccnc6cc6cccnc56)c4)nc(-c4nc(-c5ccc6ccccc6c5)nc(-c5ccc6ccccc6c5)n4)n3)ccc2c1. The summed E-state index contributed by atoms with van der Waals surface area (Å²) in [6, 6.07) is 70.7. The fourth-order valence-electron chi connectivity index (χ4n) is 10.6. The molecule has 0 saturated carbocycles. The molecule has 0 unspecified atom stereocenters. The summed E-state index contributed by atoms with van der Waals surface area (Å²) in [5.74, 6) is 2.45. The molecule has 15 aromatic rings. The molecule has 9 aromatic carbocycles. The van der Waals surface area contributed by atoms with Gasteiger partial charge in [-0.15, -0.1) is 0 Å². The van der Waals surface area contributed by atoms with E-state index in [1.165, 1.54) is 0 Å². The van der Waals surface area contributed by atoms with E-state index in [-0.39, 0.29) is 5.82 Å². The number of pyridine rings is 4. The second-order valence-corrected chi connectivity index (χ2v) is 18.9. The number of hydrogen-bond donors (Lipinski definition) is 0. The molecule has 0 spiro atoms. The van der Waals surface area contributed by atoms with Gasteiger partial charge in [-0.05, 0) is 116 Å². The lowest BCUT2D eigenvalue weighted by atomic mass is 9.90. The first-order valence-electron chi connectivity index (χ1n) is 25.0. The summed E-state index contributed by atoms with van der Waals surface area (Å²) in [7, 11) is 0. The van der Waals surface area contributed by atoms with Crippen LogP contribution in [0.5, 0.6) is 0 Å². The minimum Gasteiger partial charge on any atom is -0.256 e. The smallest absolute Gasteiger partial charge is 0.202 e. The van der Waals surface area contributed by atoms with Crippen molar-refractivity contribution in [2.24, 2.45) is 0 Å². The van der Waals surface area contributed by atoms with Crippen LogP contribution < -0.4 is 0 Å². The third-order valence-corrected chi connectivity index (χ3v) is 14.2. The lowest BCUT2D eigenvalue weighted by Gasteiger charge is -2.16. The predicted octanol–water partition coefficient (Wildman–Crippen LogP) is 15.4. The Morgan fingerprint density at radius 1 is 0.211 bits per heavy atom. The average Bonchev–Trinajstić information content (AvgIpc) is 3.50. The first-order chi connectivity index (χ1) is 37.6. The summed E-state index contributed by atoms with van der Waals surface area (Å²) in [5, 5.41) is 10.4. The predicted molar refractivity (Wildman–Crippen MR) is 305 cm³/mol. The van der Waals surface area contributed by atoms with Gasteiger partial charge in [0.25, 0.3) is 0 Å². The highest BCUT2D eigenvalue weighted by Crippen LogP contribution is 2.42. The standard InChI is InChI=1S/C66H38N10/c1-4-14-42-31-47(24-21-39(42)11-1)61-71-62(48-25-22-40-12-2-5-15-43(40)32-48)74-65(73-61)66-75-63(49-26-23-41-13-3-6-16-44(41)33-49)72-64(76-66)52-35-50(57-53-19-9-27-67-55(53)37-45-17-7-29-69-59(45)57)34-51(36-52)58-54-20-10-28-68-56(54)38-46-18-8-30-70-60(46)58/h1-38H. The number of benzene rings is 9. The molecule has 0 aliphatic heterocycles. The van der Waals surface area contributed by atoms with Crippen molar-refractivity contribution in [1.82, 2.24) is 49.8 Å². The van der Waals surface area contributed by atoms with Gasteiger partial charge in [0.2, 0.25) is 11.6 Å². The molecule has 6 aromatic heterocycles. The van der Waals surface area contributed by atoms with E-state index in [0.29, 0.717) is 29.1 Å². The molecule has 0 amide bonds. The summed E-state index contributed by atoms with van der Waals surface area (Å²) < 4.78 is 0. The third-order valence-electron chi connectivity index (χ3n) is 14.2. The van der Waals surface area contributed by atoms with E-state index in [1.54, 1.807) is 0 Å². The zero-order valence-electron chi connectivity index (χ0n) is 40.4. The number of rotatable bonds is 7. The summed E-state index contributed by atoms with van der Waals surface area (Å²) in [6.45, 7) is 0. The van der Waals surface area contributed by atoms with E-state index in [4.69, 9.17) is 49.8 Å². The molecule has 0 N–H and O–H groups in total. The zero-order valence-corrected chi connectivity index (χ0v) is 40.4. The molecule has 15 rings (SSSR count). The Labute approximate surface area is 434 Å². The fourth-order valence-corrected chi connectivity index (χ4v) is 10.6. The van der Waals surface area contributed by atoms with E-state index in [9.17, 15) is 0 Å². The molecule has 0 aliphatic rings. The molecule has 0 aliphatic carbocycles. The van der Waals surface area contributed by atoms with Crippen LogP contribution in [0.4, 0.5) is 0 Å². The van der Waals surface area contributed by atoms with E-state index in [0.717, 1.165) is 120 Å². The van der Waals surface area contributed by atoms with E-state index in [1.807, 2.05) is 85.5 Å². The van der Waals surface area contributed by atoms with Crippen LogP contribution in [0.3, 0.4) is 0 Å². The van der Waals surface area contributed by atoms with Gasteiger partial charge in [0, 0.05) is 79.7 Å². The van der Waals surface area contributed by atoms with Crippen LogP contribution >= 0.6 is 0 Å². The normalized spacial score (nSPS) is 11.7. The minimum absolute atomic E-state index is 0.287. The van der Waals surface area contributed by atoms with Crippen LogP contribution in [0, 0.1) is 0 Å². The Morgan fingerprint density at radius 3 is 0.961 bits per heavy atom. The molecule has 0 fully saturated rings. The van der Waals surface area contributed by atoms with Crippen molar-refractivity contribution in [3.8, 4) is 79.5 Å². The average molecular weight is 971 g/mol. The highest BCUT2D eigenvalue weighted by molar-refractivity contribution is 6.13. The van der Waals surface area contributed by atoms with Crippen molar-refractivity contribution in [3.63, 3.8) is 0 Å². The molecule has 0 atom stereocenters. The summed E-state index contributed by atoms with van der Waals surface area (Å²) >= 11 is 0. The Balaban J connectivity index is 1.03. The summed E-state index contributed by atoms with van der Waals surface area (Å²) in [5.41, 5.74) is 10.3. The van der Waals surface area contributed by atoms with Crippen LogP contribution in [0.2, 0.25) is 0 Å². The molecular weight excluding hydrogens is 933 g/mol. The molecule has 0 bridgehead atoms. The molecule has 10 nitrogen and oxygen atoms in total. The van der Waals surface area contributed by atoms with Gasteiger partial charge in [-0.2, -0.15) is 0 Å². The largest absolute Gasteiger partial charge is 0.256 e. The van der Waals surface area contributed by atoms with Crippen molar-refractivity contribution in [3.05, 3.63) is 231 Å². The molecule has 6 heterocycles. The van der Waals surface area contributed by atoms with Gasteiger partial charge in [-0.3, -0.25) is 19.9 Å². The highest BCUT2D eigenvalue weighted by Gasteiger charge is 2.23. The highest BCUT2D eigenvalue weighted by atomic mass is 15.1. The Morgan fingerprint density at radius 2 is 0.539 bits per heavy atom. The first-order valence-corrected chi connectivity index (χ1v) is 25.0. The lowest BCUT2D eigenvalue weighted by molar-refractivity contribution is 1.00. The van der Waals surface area contributed by atoms with Crippen LogP contribution in [-0.2, 0) is 0 Å². The van der Waals surface area contributed by atoms with Crippen LogP contribution in [0.15, 0.2) is 231 Å². The minimum atomic E-state index is 0.287. The van der Waals surface area contributed by atoms with Gasteiger partial charge in [-0.25, -0.2) is 29.9 Å². The quantitative estimate of drug-likeness (QED) is 0.142. The number of aromatic nitrogens is 10. The Bertz CT molecular complexity index is 4520. The summed E-state index contributed by atoms with van der Waals surface area (Å²) in [6.07, 6.45) is 7.34. The molecule has 76 heavy (non-hydrogen) atoms. The molecule has 352 valence electrons. The second kappa shape index (κ2) is 17.6. The second-order valence-electron chi connectivity index (χ2n) is 18.9. The number of nitrogens with zero attached hydrogens (tertiary/aromatic N) is 10. The van der Waals surface area contributed by atoms with Crippen LogP contribution in [-0.4, -0.2) is 49.8 Å². The van der Waals surface area contributed by atoms with Gasteiger partial charge in [0.15, 0.2) is 23.3 Å². The van der Waals surface area contributed by atoms with Gasteiger partial charge < -0.3 is 0 Å². The van der Waals surface area contributed by atoms with Gasteiger partial charge in [-0.1, -0.05) is 133 Å². The molecule has 10 heteroatoms. The molecular formula is C66H38N10. The zero-order chi connectivity index (χ0) is 50.1. The Kier molecular flexibility index (Phi) is 9.95. The maximum Gasteiger partial charge on any atom is 0.202 e. The number of hydrogen-bond acceptors (Lipinski definition) is 10. The van der Waals surface area contributed by atoms with Crippen molar-refractivity contribution in [2.45, 2.75) is 0 Å². The van der Waals surface area contributed by atoms with E-state index in [2.05, 4.69) is 146 Å². The van der Waals surface area contributed by atoms with E-state index >= 15 is 0 Å². The maximum atomic E-state index is 5.42. The third kappa shape index (κ3) is 7.51. The van der Waals surface area contributed by atoms with Gasteiger partial charge in [0.05, 0.1) is 22.1 Å². The van der Waals surface area contributed by atoms with Crippen molar-refractivity contribution in [2.75, 3.05) is 0 Å². The molecule has 0 saturated heterocycles. The maximum absolute atomic E-state index is 5.42. The first kappa shape index (κ1) is 43.0. The van der Waals surface area contributed by atoms with Crippen molar-refractivity contribution < 1.29 is 0 Å². The Hall–Kier alpha value is -10.6. The summed E-state index contributed by atoms with van der Waals surface area (Å²) in [4.78, 5) is 51.6. The van der Waals surface area contributed by atoms with Crippen molar-refractivity contribution >= 4 is 75.9 Å². The van der Waals surface area contributed by atoms with Crippen molar-refractivity contribution in [1.29, 1.82) is 0 Å².